The number of methoxy groups -OCH3 is 1. The van der Waals surface area contributed by atoms with E-state index in [0.29, 0.717) is 69.1 Å². The molecule has 334 valence electrons. The highest BCUT2D eigenvalue weighted by Gasteiger charge is 2.63. The fourth-order valence-electron chi connectivity index (χ4n) is 8.52. The molecule has 7 atom stereocenters. The molecule has 18 heteroatoms. The van der Waals surface area contributed by atoms with E-state index in [1.165, 1.54) is 4.90 Å². The number of fused-ring (bicyclic) bond motifs is 5. The summed E-state index contributed by atoms with van der Waals surface area (Å²) in [5, 5.41) is 6.88. The van der Waals surface area contributed by atoms with E-state index in [9.17, 15) is 36.4 Å². The highest BCUT2D eigenvalue weighted by molar-refractivity contribution is 7.91. The number of aromatic nitrogens is 1. The number of nitrogens with one attached hydrogen (secondary N) is 3. The Morgan fingerprint density at radius 2 is 1.84 bits per heavy atom. The lowest BCUT2D eigenvalue weighted by Crippen LogP contribution is -2.59. The Hall–Kier alpha value is -4.74. The van der Waals surface area contributed by atoms with Crippen LogP contribution in [0, 0.1) is 17.8 Å². The first kappa shape index (κ1) is 44.3. The minimum atomic E-state index is -4.07. The largest absolute Gasteiger partial charge is 0.497 e. The number of hydrogen-bond donors (Lipinski definition) is 3. The molecule has 3 N–H and O–H groups in total. The number of rotatable bonds is 9. The zero-order valence-corrected chi connectivity index (χ0v) is 36.6. The van der Waals surface area contributed by atoms with Crippen LogP contribution >= 0.6 is 0 Å². The molecule has 1 aromatic heterocycles. The highest BCUT2D eigenvalue weighted by atomic mass is 32.2. The number of nitrogens with zero attached hydrogens (tertiary/aromatic N) is 2. The van der Waals surface area contributed by atoms with E-state index in [4.69, 9.17) is 23.9 Å². The van der Waals surface area contributed by atoms with Crippen molar-refractivity contribution in [2.45, 2.75) is 139 Å². The topological polar surface area (TPSA) is 192 Å². The maximum atomic E-state index is 15.0. The first-order chi connectivity index (χ1) is 28.6. The standard InChI is InChI=1S/C43H57F2N5O10S/c1-24-11-8-9-12-26-22-43(26,38(53)49-61(55,56)41(5)16-17-41)48-34(51)32-21-28(59-36-30-15-14-27(57-7)20-31(30)29-13-10-18-58-35(29)47-36)23-50(32)37(52)33(25(2)19-24)46-39(54)60-40(3,4)42(6,44)45/h9,12,14-15,20,24-26,28,32-33H,8,10-11,13,16-19,21-23H2,1-7H3,(H,46,54)(H,48,51)(H,49,53). The minimum Gasteiger partial charge on any atom is -0.497 e. The molecular formula is C43H57F2N5O10S. The Labute approximate surface area is 355 Å². The van der Waals surface area contributed by atoms with Gasteiger partial charge in [0.15, 0.2) is 5.60 Å². The van der Waals surface area contributed by atoms with Gasteiger partial charge in [-0.2, -0.15) is 4.98 Å². The zero-order chi connectivity index (χ0) is 44.3. The summed E-state index contributed by atoms with van der Waals surface area (Å²) in [7, 11) is -2.50. The number of alkyl halides is 2. The van der Waals surface area contributed by atoms with Crippen molar-refractivity contribution in [3.63, 3.8) is 0 Å². The van der Waals surface area contributed by atoms with Crippen LogP contribution in [-0.2, 0) is 35.6 Å². The summed E-state index contributed by atoms with van der Waals surface area (Å²) in [5.41, 5.74) is -2.96. The van der Waals surface area contributed by atoms with Gasteiger partial charge in [-0.15, -0.1) is 0 Å². The van der Waals surface area contributed by atoms with Gasteiger partial charge in [-0.25, -0.2) is 22.0 Å². The monoisotopic (exact) mass is 873 g/mol. The summed E-state index contributed by atoms with van der Waals surface area (Å²) < 4.78 is 79.9. The SMILES string of the molecule is COc1ccc2c(OC3CC4C(=O)NC5(C(=O)NS(=O)(=O)C6(C)CC6)CC5C=CCCC(C)CC(C)C(NC(=O)OC(C)(C)C(C)(F)F)C(=O)N4C3)nc3c(c2c1)CCCO3. The quantitative estimate of drug-likeness (QED) is 0.276. The van der Waals surface area contributed by atoms with Crippen molar-refractivity contribution in [1.82, 2.24) is 25.2 Å². The lowest BCUT2D eigenvalue weighted by atomic mass is 9.88. The van der Waals surface area contributed by atoms with Gasteiger partial charge in [0.1, 0.15) is 29.5 Å². The first-order valence-corrected chi connectivity index (χ1v) is 22.6. The molecule has 7 unspecified atom stereocenters. The van der Waals surface area contributed by atoms with Gasteiger partial charge < -0.3 is 34.5 Å². The Kier molecular flexibility index (Phi) is 11.8. The number of carbonyl (C=O) groups is 4. The van der Waals surface area contributed by atoms with Crippen LogP contribution in [0.5, 0.6) is 17.5 Å². The number of hydrogen-bond acceptors (Lipinski definition) is 11. The number of aryl methyl sites for hydroxylation is 1. The molecule has 0 bridgehead atoms. The maximum Gasteiger partial charge on any atom is 0.408 e. The van der Waals surface area contributed by atoms with E-state index in [-0.39, 0.29) is 31.2 Å². The third kappa shape index (κ3) is 8.83. The smallest absolute Gasteiger partial charge is 0.408 e. The molecule has 4 amide bonds. The zero-order valence-electron chi connectivity index (χ0n) is 35.8. The fraction of sp³-hybridized carbons (Fsp3) is 0.651. The average molecular weight is 874 g/mol. The van der Waals surface area contributed by atoms with Gasteiger partial charge in [0.05, 0.1) is 25.0 Å². The Bertz CT molecular complexity index is 2230. The molecule has 2 aromatic rings. The predicted octanol–water partition coefficient (Wildman–Crippen LogP) is 5.33. The van der Waals surface area contributed by atoms with E-state index in [2.05, 4.69) is 15.4 Å². The number of allylic oxidation sites excluding steroid dienone is 1. The molecule has 61 heavy (non-hydrogen) atoms. The van der Waals surface area contributed by atoms with E-state index in [1.807, 2.05) is 31.2 Å². The number of carbonyl (C=O) groups excluding carboxylic acids is 4. The van der Waals surface area contributed by atoms with Crippen molar-refractivity contribution >= 4 is 44.6 Å². The lowest BCUT2D eigenvalue weighted by Gasteiger charge is -2.35. The Morgan fingerprint density at radius 3 is 2.52 bits per heavy atom. The summed E-state index contributed by atoms with van der Waals surface area (Å²) in [5.74, 6) is -5.58. The molecule has 1 saturated heterocycles. The van der Waals surface area contributed by atoms with Crippen LogP contribution in [0.1, 0.15) is 98.5 Å². The van der Waals surface area contributed by atoms with Crippen LogP contribution in [0.15, 0.2) is 30.4 Å². The van der Waals surface area contributed by atoms with Gasteiger partial charge in [-0.1, -0.05) is 26.0 Å². The molecule has 15 nitrogen and oxygen atoms in total. The summed E-state index contributed by atoms with van der Waals surface area (Å²) in [6.45, 7) is 8.36. The molecule has 0 spiro atoms. The van der Waals surface area contributed by atoms with Crippen LogP contribution < -0.4 is 29.6 Å². The van der Waals surface area contributed by atoms with Crippen LogP contribution in [0.2, 0.25) is 0 Å². The number of alkyl carbamates (subject to hydrolysis) is 1. The van der Waals surface area contributed by atoms with E-state index in [0.717, 1.165) is 31.2 Å². The van der Waals surface area contributed by atoms with E-state index in [1.54, 1.807) is 27.0 Å². The molecule has 4 heterocycles. The van der Waals surface area contributed by atoms with Crippen LogP contribution in [0.3, 0.4) is 0 Å². The third-order valence-electron chi connectivity index (χ3n) is 13.3. The van der Waals surface area contributed by atoms with Gasteiger partial charge in [0, 0.05) is 30.2 Å². The molecule has 3 fully saturated rings. The number of sulfonamides is 1. The molecule has 7 rings (SSSR count). The van der Waals surface area contributed by atoms with Crippen LogP contribution in [-0.4, -0.2) is 102 Å². The first-order valence-electron chi connectivity index (χ1n) is 21.1. The van der Waals surface area contributed by atoms with Gasteiger partial charge in [-0.05, 0) is 108 Å². The van der Waals surface area contributed by atoms with Crippen molar-refractivity contribution in [3.8, 4) is 17.5 Å². The molecule has 2 aliphatic carbocycles. The van der Waals surface area contributed by atoms with Gasteiger partial charge in [0.25, 0.3) is 11.8 Å². The Balaban J connectivity index is 1.25. The second-order valence-electron chi connectivity index (χ2n) is 18.4. The normalized spacial score (nSPS) is 29.0. The number of pyridine rings is 1. The molecule has 1 aromatic carbocycles. The minimum absolute atomic E-state index is 0.0143. The van der Waals surface area contributed by atoms with Crippen molar-refractivity contribution in [2.24, 2.45) is 17.8 Å². The van der Waals surface area contributed by atoms with Crippen molar-refractivity contribution in [2.75, 3.05) is 20.3 Å². The van der Waals surface area contributed by atoms with Crippen molar-refractivity contribution in [1.29, 1.82) is 0 Å². The predicted molar refractivity (Wildman–Crippen MR) is 220 cm³/mol. The number of benzene rings is 1. The molecule has 2 saturated carbocycles. The maximum absolute atomic E-state index is 15.0. The fourth-order valence-corrected chi connectivity index (χ4v) is 9.83. The number of amides is 4. The summed E-state index contributed by atoms with van der Waals surface area (Å²) in [6.07, 6.45) is 5.64. The molecular weight excluding hydrogens is 817 g/mol. The van der Waals surface area contributed by atoms with Gasteiger partial charge >= 0.3 is 6.09 Å². The number of ether oxygens (including phenoxy) is 4. The van der Waals surface area contributed by atoms with Gasteiger partial charge in [0.2, 0.25) is 33.6 Å². The van der Waals surface area contributed by atoms with Gasteiger partial charge in [-0.3, -0.25) is 19.1 Å². The summed E-state index contributed by atoms with van der Waals surface area (Å²) in [6, 6.07) is 2.84. The van der Waals surface area contributed by atoms with Crippen LogP contribution in [0.4, 0.5) is 13.6 Å². The van der Waals surface area contributed by atoms with Crippen molar-refractivity contribution < 1.29 is 55.3 Å². The van der Waals surface area contributed by atoms with E-state index < -0.39 is 85.7 Å². The third-order valence-corrected chi connectivity index (χ3v) is 15.4. The average Bonchev–Trinajstić information content (AvgIpc) is 4.07. The van der Waals surface area contributed by atoms with Crippen LogP contribution in [0.25, 0.3) is 10.8 Å². The lowest BCUT2D eigenvalue weighted by molar-refractivity contribution is -0.152. The molecule has 3 aliphatic heterocycles. The second-order valence-corrected chi connectivity index (χ2v) is 20.6. The second kappa shape index (κ2) is 16.2. The molecule has 5 aliphatic rings. The number of halogens is 2. The molecule has 0 radical (unpaired) electrons. The highest BCUT2D eigenvalue weighted by Crippen LogP contribution is 2.48. The summed E-state index contributed by atoms with van der Waals surface area (Å²) in [4.78, 5) is 63.0. The summed E-state index contributed by atoms with van der Waals surface area (Å²) >= 11 is 0. The van der Waals surface area contributed by atoms with Crippen molar-refractivity contribution in [3.05, 3.63) is 35.9 Å². The Morgan fingerprint density at radius 1 is 1.10 bits per heavy atom. The van der Waals surface area contributed by atoms with E-state index >= 15 is 0 Å².